The molecule has 222 valence electrons. The lowest BCUT2D eigenvalue weighted by atomic mass is 9.99. The molecule has 2 aliphatic heterocycles. The van der Waals surface area contributed by atoms with Crippen LogP contribution in [0.25, 0.3) is 22.3 Å². The van der Waals surface area contributed by atoms with Gasteiger partial charge in [-0.2, -0.15) is 5.10 Å². The summed E-state index contributed by atoms with van der Waals surface area (Å²) in [5, 5.41) is 9.36. The monoisotopic (exact) mass is 571 g/mol. The summed E-state index contributed by atoms with van der Waals surface area (Å²) in [5.41, 5.74) is 8.64. The van der Waals surface area contributed by atoms with Crippen LogP contribution in [0.3, 0.4) is 0 Å². The molecule has 3 N–H and O–H groups in total. The maximum Gasteiger partial charge on any atom is 0.293 e. The van der Waals surface area contributed by atoms with Crippen molar-refractivity contribution in [1.82, 2.24) is 30.0 Å². The molecule has 4 aromatic rings. The third kappa shape index (κ3) is 7.24. The Hall–Kier alpha value is -4.02. The van der Waals surface area contributed by atoms with E-state index in [0.717, 1.165) is 72.8 Å². The smallest absolute Gasteiger partial charge is 0.293 e. The number of nitrogens with zero attached hydrogens (tertiary/aromatic N) is 5. The van der Waals surface area contributed by atoms with Gasteiger partial charge in [0.2, 0.25) is 0 Å². The Morgan fingerprint density at radius 3 is 2.19 bits per heavy atom. The summed E-state index contributed by atoms with van der Waals surface area (Å²) in [6.45, 7) is 10.4. The van der Waals surface area contributed by atoms with Gasteiger partial charge < -0.3 is 25.4 Å². The first-order chi connectivity index (χ1) is 20.3. The standard InChI is InChI=1S/C27H31N7O.C5H10O2/c28-26-24-25(19-6-8-23(9-7-19)35-22-4-2-1-3-5-22)32-34(27(24)31-18-30-26)21-12-16-33(17-13-21)20-10-14-29-15-11-20;1-5(2,3)7-4-6/h1-9,18,20-21,29H,10-17H2,(H2,28,30,31);4H,1-3H3. The molecule has 10 heteroatoms. The van der Waals surface area contributed by atoms with E-state index in [0.29, 0.717) is 24.4 Å². The van der Waals surface area contributed by atoms with E-state index in [1.54, 1.807) is 6.33 Å². The van der Waals surface area contributed by atoms with E-state index < -0.39 is 0 Å². The van der Waals surface area contributed by atoms with Crippen molar-refractivity contribution in [3.8, 4) is 22.8 Å². The van der Waals surface area contributed by atoms with Gasteiger partial charge in [0, 0.05) is 24.7 Å². The van der Waals surface area contributed by atoms with Crippen LogP contribution in [-0.4, -0.2) is 68.9 Å². The average Bonchev–Trinajstić information content (AvgIpc) is 3.39. The SMILES string of the molecule is CC(C)(C)OC=O.Nc1ncnc2c1c(-c1ccc(Oc3ccccc3)cc1)nn2C1CCN(C2CCNCC2)CC1. The normalized spacial score (nSPS) is 16.9. The van der Waals surface area contributed by atoms with Crippen molar-refractivity contribution in [3.05, 3.63) is 60.9 Å². The fraction of sp³-hybridized carbons (Fsp3) is 0.438. The van der Waals surface area contributed by atoms with Gasteiger partial charge in [0.05, 0.1) is 11.4 Å². The molecule has 6 rings (SSSR count). The summed E-state index contributed by atoms with van der Waals surface area (Å²) in [5.74, 6) is 2.05. The van der Waals surface area contributed by atoms with Crippen LogP contribution in [0.1, 0.15) is 52.5 Å². The first kappa shape index (κ1) is 29.5. The Balaban J connectivity index is 0.000000451. The molecule has 2 aromatic heterocycles. The number of nitrogens with two attached hydrogens (primary N) is 1. The summed E-state index contributed by atoms with van der Waals surface area (Å²) < 4.78 is 12.6. The molecule has 0 radical (unpaired) electrons. The number of ether oxygens (including phenoxy) is 2. The molecular weight excluding hydrogens is 530 g/mol. The van der Waals surface area contributed by atoms with Crippen molar-refractivity contribution < 1.29 is 14.3 Å². The van der Waals surface area contributed by atoms with Crippen LogP contribution in [0.5, 0.6) is 11.5 Å². The molecule has 4 heterocycles. The fourth-order valence-corrected chi connectivity index (χ4v) is 5.57. The van der Waals surface area contributed by atoms with Crippen molar-refractivity contribution in [3.63, 3.8) is 0 Å². The van der Waals surface area contributed by atoms with Crippen molar-refractivity contribution in [2.75, 3.05) is 31.9 Å². The molecule has 0 bridgehead atoms. The third-order valence-corrected chi connectivity index (χ3v) is 7.70. The molecule has 0 aliphatic carbocycles. The maximum atomic E-state index is 9.60. The van der Waals surface area contributed by atoms with Crippen LogP contribution in [0, 0.1) is 0 Å². The van der Waals surface area contributed by atoms with Crippen LogP contribution in [-0.2, 0) is 9.53 Å². The van der Waals surface area contributed by atoms with Crippen molar-refractivity contribution in [2.24, 2.45) is 0 Å². The average molecular weight is 572 g/mol. The number of nitrogen functional groups attached to an aromatic ring is 1. The lowest BCUT2D eigenvalue weighted by Gasteiger charge is -2.39. The molecule has 0 atom stereocenters. The lowest BCUT2D eigenvalue weighted by Crippen LogP contribution is -2.46. The molecule has 42 heavy (non-hydrogen) atoms. The Labute approximate surface area is 247 Å². The van der Waals surface area contributed by atoms with Gasteiger partial charge >= 0.3 is 0 Å². The zero-order chi connectivity index (χ0) is 29.5. The Morgan fingerprint density at radius 1 is 0.905 bits per heavy atom. The van der Waals surface area contributed by atoms with Crippen LogP contribution >= 0.6 is 0 Å². The number of hydrogen-bond acceptors (Lipinski definition) is 9. The fourth-order valence-electron chi connectivity index (χ4n) is 5.57. The molecule has 0 unspecified atom stereocenters. The van der Waals surface area contributed by atoms with Crippen LogP contribution in [0.4, 0.5) is 5.82 Å². The van der Waals surface area contributed by atoms with Crippen molar-refractivity contribution in [1.29, 1.82) is 0 Å². The van der Waals surface area contributed by atoms with Crippen LogP contribution < -0.4 is 15.8 Å². The quantitative estimate of drug-likeness (QED) is 0.300. The molecular formula is C32H41N7O3. The number of carbonyl (C=O) groups excluding carboxylic acids is 1. The number of aromatic nitrogens is 4. The van der Waals surface area contributed by atoms with Gasteiger partial charge in [0.25, 0.3) is 6.47 Å². The molecule has 2 aromatic carbocycles. The van der Waals surface area contributed by atoms with Gasteiger partial charge in [-0.25, -0.2) is 14.6 Å². The number of benzene rings is 2. The number of likely N-dealkylation sites (tertiary alicyclic amines) is 1. The van der Waals surface area contributed by atoms with Gasteiger partial charge in [-0.15, -0.1) is 0 Å². The number of nitrogens with one attached hydrogen (secondary N) is 1. The molecule has 2 fully saturated rings. The molecule has 0 saturated carbocycles. The highest BCUT2D eigenvalue weighted by atomic mass is 16.5. The zero-order valence-corrected chi connectivity index (χ0v) is 24.7. The summed E-state index contributed by atoms with van der Waals surface area (Å²) >= 11 is 0. The van der Waals surface area contributed by atoms with E-state index in [-0.39, 0.29) is 5.60 Å². The number of para-hydroxylation sites is 1. The second-order valence-corrected chi connectivity index (χ2v) is 11.8. The maximum absolute atomic E-state index is 9.60. The minimum atomic E-state index is -0.318. The summed E-state index contributed by atoms with van der Waals surface area (Å²) in [7, 11) is 0. The van der Waals surface area contributed by atoms with Crippen molar-refractivity contribution >= 4 is 23.3 Å². The predicted molar refractivity (Wildman–Crippen MR) is 164 cm³/mol. The largest absolute Gasteiger partial charge is 0.462 e. The topological polar surface area (TPSA) is 120 Å². The first-order valence-electron chi connectivity index (χ1n) is 14.7. The van der Waals surface area contributed by atoms with Crippen molar-refractivity contribution in [2.45, 2.75) is 64.1 Å². The van der Waals surface area contributed by atoms with Gasteiger partial charge in [0.1, 0.15) is 34.9 Å². The minimum Gasteiger partial charge on any atom is -0.462 e. The zero-order valence-electron chi connectivity index (χ0n) is 24.7. The molecule has 10 nitrogen and oxygen atoms in total. The number of carbonyl (C=O) groups is 1. The van der Waals surface area contributed by atoms with Crippen LogP contribution in [0.15, 0.2) is 60.9 Å². The Morgan fingerprint density at radius 2 is 1.57 bits per heavy atom. The van der Waals surface area contributed by atoms with Crippen LogP contribution in [0.2, 0.25) is 0 Å². The van der Waals surface area contributed by atoms with Gasteiger partial charge in [0.15, 0.2) is 5.65 Å². The molecule has 2 aliphatic rings. The van der Waals surface area contributed by atoms with Gasteiger partial charge in [-0.05, 0) is 95.9 Å². The summed E-state index contributed by atoms with van der Waals surface area (Å²) in [4.78, 5) is 21.1. The van der Waals surface area contributed by atoms with E-state index in [9.17, 15) is 4.79 Å². The predicted octanol–water partition coefficient (Wildman–Crippen LogP) is 5.21. The lowest BCUT2D eigenvalue weighted by molar-refractivity contribution is -0.138. The first-order valence-corrected chi connectivity index (χ1v) is 14.7. The molecule has 0 spiro atoms. The summed E-state index contributed by atoms with van der Waals surface area (Å²) in [6, 6.07) is 18.8. The van der Waals surface area contributed by atoms with E-state index in [1.165, 1.54) is 12.8 Å². The molecule has 2 saturated heterocycles. The van der Waals surface area contributed by atoms with Gasteiger partial charge in [-0.3, -0.25) is 4.79 Å². The number of piperidine rings is 2. The Kier molecular flexibility index (Phi) is 9.34. The summed E-state index contributed by atoms with van der Waals surface area (Å²) in [6.07, 6.45) is 6.16. The highest BCUT2D eigenvalue weighted by Crippen LogP contribution is 2.35. The highest BCUT2D eigenvalue weighted by Gasteiger charge is 2.29. The number of hydrogen-bond donors (Lipinski definition) is 2. The van der Waals surface area contributed by atoms with E-state index in [1.807, 2.05) is 75.4 Å². The Bertz CT molecular complexity index is 1440. The third-order valence-electron chi connectivity index (χ3n) is 7.70. The van der Waals surface area contributed by atoms with E-state index in [2.05, 4.69) is 29.6 Å². The van der Waals surface area contributed by atoms with Gasteiger partial charge in [-0.1, -0.05) is 18.2 Å². The number of anilines is 1. The molecule has 0 amide bonds. The van der Waals surface area contributed by atoms with E-state index in [4.69, 9.17) is 15.6 Å². The minimum absolute atomic E-state index is 0.305. The second-order valence-electron chi connectivity index (χ2n) is 11.8. The highest BCUT2D eigenvalue weighted by molar-refractivity contribution is 5.98. The number of fused-ring (bicyclic) bond motifs is 1. The number of rotatable bonds is 6. The second kappa shape index (κ2) is 13.3. The van der Waals surface area contributed by atoms with E-state index >= 15 is 0 Å².